The number of benzene rings is 1. The van der Waals surface area contributed by atoms with Crippen LogP contribution in [0.25, 0.3) is 0 Å². The molecule has 0 aliphatic carbocycles. The Hall–Kier alpha value is -2.48. The normalized spacial score (nSPS) is 15.1. The minimum Gasteiger partial charge on any atom is -0.374 e. The van der Waals surface area contributed by atoms with Gasteiger partial charge >= 0.3 is 0 Å². The first-order valence-corrected chi connectivity index (χ1v) is 10.0. The quantitative estimate of drug-likeness (QED) is 0.543. The van der Waals surface area contributed by atoms with Crippen molar-refractivity contribution in [3.05, 3.63) is 64.5 Å². The van der Waals surface area contributed by atoms with E-state index in [0.29, 0.717) is 6.54 Å². The SMILES string of the molecule is OC(NCc1cccs1)c1ccc(Nc2ccnc(N3CCCC3)n2)cc1. The summed E-state index contributed by atoms with van der Waals surface area (Å²) in [5.74, 6) is 1.55. The van der Waals surface area contributed by atoms with Gasteiger partial charge in [0, 0.05) is 36.4 Å². The molecule has 1 fully saturated rings. The van der Waals surface area contributed by atoms with Crippen LogP contribution in [-0.2, 0) is 6.54 Å². The molecule has 0 spiro atoms. The monoisotopic (exact) mass is 381 g/mol. The third kappa shape index (κ3) is 4.63. The molecular formula is C20H23N5OS. The Kier molecular flexibility index (Phi) is 5.62. The molecule has 1 saturated heterocycles. The van der Waals surface area contributed by atoms with Gasteiger partial charge in [-0.2, -0.15) is 4.98 Å². The van der Waals surface area contributed by atoms with Gasteiger partial charge in [-0.1, -0.05) is 18.2 Å². The molecule has 0 amide bonds. The zero-order valence-electron chi connectivity index (χ0n) is 15.0. The summed E-state index contributed by atoms with van der Waals surface area (Å²) in [5.41, 5.74) is 1.76. The van der Waals surface area contributed by atoms with Crippen molar-refractivity contribution >= 4 is 28.8 Å². The van der Waals surface area contributed by atoms with Crippen LogP contribution in [-0.4, -0.2) is 28.2 Å². The Balaban J connectivity index is 1.36. The fraction of sp³-hybridized carbons (Fsp3) is 0.300. The van der Waals surface area contributed by atoms with E-state index < -0.39 is 6.23 Å². The third-order valence-electron chi connectivity index (χ3n) is 4.58. The molecule has 2 aromatic heterocycles. The van der Waals surface area contributed by atoms with Crippen LogP contribution in [0.4, 0.5) is 17.5 Å². The van der Waals surface area contributed by atoms with Gasteiger partial charge in [0.1, 0.15) is 12.0 Å². The molecule has 3 heterocycles. The smallest absolute Gasteiger partial charge is 0.227 e. The number of anilines is 3. The molecule has 4 rings (SSSR count). The maximum atomic E-state index is 10.3. The van der Waals surface area contributed by atoms with E-state index in [-0.39, 0.29) is 0 Å². The standard InChI is InChI=1S/C20H23N5OS/c26-19(22-14-17-4-3-13-27-17)15-5-7-16(8-6-15)23-18-9-10-21-20(24-18)25-11-1-2-12-25/h3-10,13,19,22,26H,1-2,11-12,14H2,(H,21,23,24). The number of aliphatic hydroxyl groups excluding tert-OH is 1. The number of hydrogen-bond donors (Lipinski definition) is 3. The first-order valence-electron chi connectivity index (χ1n) is 9.17. The van der Waals surface area contributed by atoms with E-state index in [9.17, 15) is 5.11 Å². The Bertz CT molecular complexity index is 847. The van der Waals surface area contributed by atoms with Crippen LogP contribution in [0.5, 0.6) is 0 Å². The summed E-state index contributed by atoms with van der Waals surface area (Å²) in [6.45, 7) is 2.70. The van der Waals surface area contributed by atoms with Gasteiger partial charge in [-0.25, -0.2) is 4.98 Å². The number of nitrogens with zero attached hydrogens (tertiary/aromatic N) is 3. The molecule has 0 bridgehead atoms. The second kappa shape index (κ2) is 8.47. The average molecular weight is 382 g/mol. The lowest BCUT2D eigenvalue weighted by Gasteiger charge is -2.16. The van der Waals surface area contributed by atoms with Crippen LogP contribution in [0.3, 0.4) is 0 Å². The first kappa shape index (κ1) is 17.9. The highest BCUT2D eigenvalue weighted by Crippen LogP contribution is 2.21. The van der Waals surface area contributed by atoms with Crippen LogP contribution < -0.4 is 15.5 Å². The summed E-state index contributed by atoms with van der Waals surface area (Å²) in [5, 5.41) is 18.8. The van der Waals surface area contributed by atoms with Gasteiger partial charge in [-0.3, -0.25) is 5.32 Å². The average Bonchev–Trinajstić information content (AvgIpc) is 3.41. The Morgan fingerprint density at radius 3 is 2.67 bits per heavy atom. The van der Waals surface area contributed by atoms with Crippen molar-refractivity contribution in [2.45, 2.75) is 25.6 Å². The molecule has 1 aliphatic rings. The van der Waals surface area contributed by atoms with E-state index in [2.05, 4.69) is 31.6 Å². The Morgan fingerprint density at radius 2 is 1.93 bits per heavy atom. The number of aliphatic hydroxyl groups is 1. The summed E-state index contributed by atoms with van der Waals surface area (Å²) < 4.78 is 0. The Morgan fingerprint density at radius 1 is 1.11 bits per heavy atom. The molecule has 140 valence electrons. The fourth-order valence-corrected chi connectivity index (χ4v) is 3.77. The minimum atomic E-state index is -0.693. The second-order valence-electron chi connectivity index (χ2n) is 6.55. The van der Waals surface area contributed by atoms with Gasteiger partial charge in [-0.05, 0) is 48.1 Å². The topological polar surface area (TPSA) is 73.3 Å². The predicted molar refractivity (Wildman–Crippen MR) is 109 cm³/mol. The van der Waals surface area contributed by atoms with E-state index >= 15 is 0 Å². The number of aromatic nitrogens is 2. The van der Waals surface area contributed by atoms with Gasteiger partial charge in [0.15, 0.2) is 0 Å². The van der Waals surface area contributed by atoms with E-state index in [4.69, 9.17) is 0 Å². The van der Waals surface area contributed by atoms with Crippen LogP contribution in [0.1, 0.15) is 29.5 Å². The van der Waals surface area contributed by atoms with Crippen LogP contribution in [0, 0.1) is 0 Å². The summed E-state index contributed by atoms with van der Waals surface area (Å²) in [6, 6.07) is 13.7. The number of hydrogen-bond acceptors (Lipinski definition) is 7. The van der Waals surface area contributed by atoms with Crippen molar-refractivity contribution in [1.82, 2.24) is 15.3 Å². The van der Waals surface area contributed by atoms with Crippen molar-refractivity contribution in [3.63, 3.8) is 0 Å². The van der Waals surface area contributed by atoms with Crippen LogP contribution >= 0.6 is 11.3 Å². The van der Waals surface area contributed by atoms with Crippen molar-refractivity contribution in [3.8, 4) is 0 Å². The predicted octanol–water partition coefficient (Wildman–Crippen LogP) is 3.66. The van der Waals surface area contributed by atoms with Crippen LogP contribution in [0.15, 0.2) is 54.0 Å². The zero-order chi connectivity index (χ0) is 18.5. The largest absolute Gasteiger partial charge is 0.374 e. The molecule has 3 N–H and O–H groups in total. The molecule has 7 heteroatoms. The number of nitrogens with one attached hydrogen (secondary N) is 2. The maximum absolute atomic E-state index is 10.3. The van der Waals surface area contributed by atoms with Gasteiger partial charge < -0.3 is 15.3 Å². The zero-order valence-corrected chi connectivity index (χ0v) is 15.8. The molecule has 27 heavy (non-hydrogen) atoms. The summed E-state index contributed by atoms with van der Waals surface area (Å²) in [7, 11) is 0. The summed E-state index contributed by atoms with van der Waals surface area (Å²) >= 11 is 1.67. The third-order valence-corrected chi connectivity index (χ3v) is 5.46. The molecule has 1 aliphatic heterocycles. The lowest BCUT2D eigenvalue weighted by atomic mass is 10.2. The van der Waals surface area contributed by atoms with Crippen molar-refractivity contribution < 1.29 is 5.11 Å². The first-order chi connectivity index (χ1) is 13.3. The summed E-state index contributed by atoms with van der Waals surface area (Å²) in [6.07, 6.45) is 3.49. The van der Waals surface area contributed by atoms with Crippen LogP contribution in [0.2, 0.25) is 0 Å². The van der Waals surface area contributed by atoms with Gasteiger partial charge in [0.05, 0.1) is 0 Å². The van der Waals surface area contributed by atoms with E-state index in [0.717, 1.165) is 36.1 Å². The molecule has 3 aromatic rings. The van der Waals surface area contributed by atoms with Gasteiger partial charge in [0.25, 0.3) is 0 Å². The second-order valence-corrected chi connectivity index (χ2v) is 7.58. The lowest BCUT2D eigenvalue weighted by molar-refractivity contribution is 0.137. The van der Waals surface area contributed by atoms with E-state index in [1.54, 1.807) is 17.5 Å². The van der Waals surface area contributed by atoms with E-state index in [1.165, 1.54) is 17.7 Å². The summed E-state index contributed by atoms with van der Waals surface area (Å²) in [4.78, 5) is 12.4. The maximum Gasteiger partial charge on any atom is 0.227 e. The highest BCUT2D eigenvalue weighted by Gasteiger charge is 2.15. The number of thiophene rings is 1. The highest BCUT2D eigenvalue weighted by molar-refractivity contribution is 7.09. The lowest BCUT2D eigenvalue weighted by Crippen LogP contribution is -2.20. The molecule has 1 unspecified atom stereocenters. The molecular weight excluding hydrogens is 358 g/mol. The molecule has 0 saturated carbocycles. The number of rotatable bonds is 7. The molecule has 6 nitrogen and oxygen atoms in total. The molecule has 0 radical (unpaired) electrons. The Labute approximate surface area is 162 Å². The molecule has 1 atom stereocenters. The van der Waals surface area contributed by atoms with E-state index in [1.807, 2.05) is 41.8 Å². The minimum absolute atomic E-state index is 0.652. The van der Waals surface area contributed by atoms with Crippen molar-refractivity contribution in [2.75, 3.05) is 23.3 Å². The van der Waals surface area contributed by atoms with Crippen molar-refractivity contribution in [2.24, 2.45) is 0 Å². The van der Waals surface area contributed by atoms with Gasteiger partial charge in [-0.15, -0.1) is 11.3 Å². The fourth-order valence-electron chi connectivity index (χ4n) is 3.11. The highest BCUT2D eigenvalue weighted by atomic mass is 32.1. The molecule has 1 aromatic carbocycles. The van der Waals surface area contributed by atoms with Gasteiger partial charge in [0.2, 0.25) is 5.95 Å². The van der Waals surface area contributed by atoms with Crippen molar-refractivity contribution in [1.29, 1.82) is 0 Å².